The third kappa shape index (κ3) is 2.86. The van der Waals surface area contributed by atoms with Gasteiger partial charge in [0.2, 0.25) is 0 Å². The lowest BCUT2D eigenvalue weighted by Gasteiger charge is -2.21. The molecule has 0 saturated carbocycles. The average molecular weight is 322 g/mol. The molecule has 1 aromatic carbocycles. The summed E-state index contributed by atoms with van der Waals surface area (Å²) in [5.74, 6) is 0.824. The first-order valence-electron chi connectivity index (χ1n) is 8.80. The van der Waals surface area contributed by atoms with E-state index in [2.05, 4.69) is 33.1 Å². The molecule has 0 spiro atoms. The maximum atomic E-state index is 12.6. The minimum atomic E-state index is 0.0118. The van der Waals surface area contributed by atoms with Gasteiger partial charge in [0.15, 0.2) is 5.82 Å². The van der Waals surface area contributed by atoms with Gasteiger partial charge >= 0.3 is 0 Å². The van der Waals surface area contributed by atoms with E-state index in [4.69, 9.17) is 0 Å². The van der Waals surface area contributed by atoms with Crippen LogP contribution >= 0.6 is 0 Å². The summed E-state index contributed by atoms with van der Waals surface area (Å²) in [5.41, 5.74) is 2.98. The molecule has 24 heavy (non-hydrogen) atoms. The molecule has 124 valence electrons. The molecule has 0 N–H and O–H groups in total. The van der Waals surface area contributed by atoms with Crippen molar-refractivity contribution in [3.8, 4) is 0 Å². The third-order valence-electron chi connectivity index (χ3n) is 4.91. The molecule has 1 aromatic heterocycles. The monoisotopic (exact) mass is 322 g/mol. The molecule has 0 atom stereocenters. The van der Waals surface area contributed by atoms with Crippen LogP contribution in [0.4, 0.5) is 11.5 Å². The lowest BCUT2D eigenvalue weighted by molar-refractivity contribution is 0.0755. The van der Waals surface area contributed by atoms with E-state index >= 15 is 0 Å². The molecule has 5 nitrogen and oxygen atoms in total. The number of aromatic nitrogens is 2. The zero-order valence-corrected chi connectivity index (χ0v) is 13.8. The fraction of sp³-hybridized carbons (Fsp3) is 0.421. The van der Waals surface area contributed by atoms with E-state index in [1.807, 2.05) is 11.0 Å². The summed E-state index contributed by atoms with van der Waals surface area (Å²) >= 11 is 0. The van der Waals surface area contributed by atoms with Crippen LogP contribution in [0.3, 0.4) is 0 Å². The summed E-state index contributed by atoms with van der Waals surface area (Å²) in [5, 5.41) is 0. The SMILES string of the molecule is O=C(c1cnc(N2CCc3ccccc32)cn1)N1CCCCCC1. The van der Waals surface area contributed by atoms with Crippen LogP contribution in [0.1, 0.15) is 41.7 Å². The van der Waals surface area contributed by atoms with Crippen molar-refractivity contribution < 1.29 is 4.79 Å². The van der Waals surface area contributed by atoms with E-state index in [9.17, 15) is 4.79 Å². The highest BCUT2D eigenvalue weighted by atomic mass is 16.2. The number of anilines is 2. The van der Waals surface area contributed by atoms with E-state index in [1.165, 1.54) is 24.1 Å². The van der Waals surface area contributed by atoms with Gasteiger partial charge in [-0.1, -0.05) is 31.0 Å². The molecule has 5 heteroatoms. The Morgan fingerprint density at radius 2 is 1.71 bits per heavy atom. The Labute approximate surface area is 142 Å². The molecule has 0 aliphatic carbocycles. The Morgan fingerprint density at radius 3 is 2.46 bits per heavy atom. The van der Waals surface area contributed by atoms with Crippen LogP contribution in [-0.4, -0.2) is 40.4 Å². The number of hydrogen-bond acceptors (Lipinski definition) is 4. The minimum absolute atomic E-state index is 0.0118. The van der Waals surface area contributed by atoms with Crippen LogP contribution in [0.25, 0.3) is 0 Å². The van der Waals surface area contributed by atoms with Crippen LogP contribution in [0.15, 0.2) is 36.7 Å². The topological polar surface area (TPSA) is 49.3 Å². The molecule has 1 saturated heterocycles. The van der Waals surface area contributed by atoms with Crippen LogP contribution < -0.4 is 4.90 Å². The highest BCUT2D eigenvalue weighted by Crippen LogP contribution is 2.32. The molecule has 0 unspecified atom stereocenters. The molecule has 1 fully saturated rings. The van der Waals surface area contributed by atoms with Gasteiger partial charge in [0, 0.05) is 25.3 Å². The van der Waals surface area contributed by atoms with Gasteiger partial charge in [-0.15, -0.1) is 0 Å². The fourth-order valence-corrected chi connectivity index (χ4v) is 3.58. The van der Waals surface area contributed by atoms with Crippen molar-refractivity contribution in [1.82, 2.24) is 14.9 Å². The Kier molecular flexibility index (Phi) is 4.15. The van der Waals surface area contributed by atoms with Crippen LogP contribution in [0.2, 0.25) is 0 Å². The van der Waals surface area contributed by atoms with Gasteiger partial charge in [-0.3, -0.25) is 4.79 Å². The first kappa shape index (κ1) is 15.1. The van der Waals surface area contributed by atoms with Crippen molar-refractivity contribution in [1.29, 1.82) is 0 Å². The summed E-state index contributed by atoms with van der Waals surface area (Å²) in [7, 11) is 0. The highest BCUT2D eigenvalue weighted by molar-refractivity contribution is 5.92. The van der Waals surface area contributed by atoms with Gasteiger partial charge in [0.05, 0.1) is 12.4 Å². The second-order valence-electron chi connectivity index (χ2n) is 6.50. The van der Waals surface area contributed by atoms with Crippen molar-refractivity contribution in [3.05, 3.63) is 47.9 Å². The van der Waals surface area contributed by atoms with E-state index in [1.54, 1.807) is 12.4 Å². The van der Waals surface area contributed by atoms with Gasteiger partial charge in [0.25, 0.3) is 5.91 Å². The molecular weight excluding hydrogens is 300 g/mol. The quantitative estimate of drug-likeness (QED) is 0.852. The number of amides is 1. The van der Waals surface area contributed by atoms with Crippen LogP contribution in [-0.2, 0) is 6.42 Å². The number of fused-ring (bicyclic) bond motifs is 1. The second-order valence-corrected chi connectivity index (χ2v) is 6.50. The number of rotatable bonds is 2. The van der Waals surface area contributed by atoms with Crippen LogP contribution in [0, 0.1) is 0 Å². The number of likely N-dealkylation sites (tertiary alicyclic amines) is 1. The predicted molar refractivity (Wildman–Crippen MR) is 93.6 cm³/mol. The van der Waals surface area contributed by atoms with Crippen molar-refractivity contribution in [2.24, 2.45) is 0 Å². The second kappa shape index (κ2) is 6.59. The highest BCUT2D eigenvalue weighted by Gasteiger charge is 2.22. The number of benzene rings is 1. The summed E-state index contributed by atoms with van der Waals surface area (Å²) in [6, 6.07) is 8.37. The summed E-state index contributed by atoms with van der Waals surface area (Å²) in [6.45, 7) is 2.58. The minimum Gasteiger partial charge on any atom is -0.337 e. The molecule has 0 bridgehead atoms. The van der Waals surface area contributed by atoms with Crippen molar-refractivity contribution in [3.63, 3.8) is 0 Å². The van der Waals surface area contributed by atoms with E-state index in [-0.39, 0.29) is 5.91 Å². The summed E-state index contributed by atoms with van der Waals surface area (Å²) < 4.78 is 0. The predicted octanol–water partition coefficient (Wildman–Crippen LogP) is 3.19. The molecule has 1 amide bonds. The largest absolute Gasteiger partial charge is 0.337 e. The van der Waals surface area contributed by atoms with Gasteiger partial charge in [-0.2, -0.15) is 0 Å². The first-order chi connectivity index (χ1) is 11.8. The molecule has 3 heterocycles. The number of para-hydroxylation sites is 1. The lowest BCUT2D eigenvalue weighted by Crippen LogP contribution is -2.32. The maximum absolute atomic E-state index is 12.6. The molecule has 2 aliphatic heterocycles. The molecule has 0 radical (unpaired) electrons. The Morgan fingerprint density at radius 1 is 0.917 bits per heavy atom. The Balaban J connectivity index is 1.52. The summed E-state index contributed by atoms with van der Waals surface area (Å²) in [4.78, 5) is 25.6. The number of nitrogens with zero attached hydrogens (tertiary/aromatic N) is 4. The van der Waals surface area contributed by atoms with Gasteiger partial charge in [0.1, 0.15) is 5.69 Å². The normalized spacial score (nSPS) is 17.5. The van der Waals surface area contributed by atoms with Gasteiger partial charge in [-0.05, 0) is 30.9 Å². The van der Waals surface area contributed by atoms with E-state index < -0.39 is 0 Å². The lowest BCUT2D eigenvalue weighted by atomic mass is 10.2. The van der Waals surface area contributed by atoms with Crippen LogP contribution in [0.5, 0.6) is 0 Å². The van der Waals surface area contributed by atoms with Gasteiger partial charge < -0.3 is 9.80 Å². The van der Waals surface area contributed by atoms with Crippen molar-refractivity contribution >= 4 is 17.4 Å². The standard InChI is InChI=1S/C19H22N4O/c24-19(22-10-5-1-2-6-11-22)16-13-21-18(14-20-16)23-12-9-15-7-3-4-8-17(15)23/h3-4,7-8,13-14H,1-2,5-6,9-12H2. The van der Waals surface area contributed by atoms with Crippen molar-refractivity contribution in [2.45, 2.75) is 32.1 Å². The number of carbonyl (C=O) groups excluding carboxylic acids is 1. The summed E-state index contributed by atoms with van der Waals surface area (Å²) in [6.07, 6.45) is 8.97. The number of hydrogen-bond donors (Lipinski definition) is 0. The van der Waals surface area contributed by atoms with Gasteiger partial charge in [-0.25, -0.2) is 9.97 Å². The first-order valence-corrected chi connectivity index (χ1v) is 8.80. The van der Waals surface area contributed by atoms with Crippen molar-refractivity contribution in [2.75, 3.05) is 24.5 Å². The molecular formula is C19H22N4O. The fourth-order valence-electron chi connectivity index (χ4n) is 3.58. The average Bonchev–Trinajstić information content (AvgIpc) is 2.87. The maximum Gasteiger partial charge on any atom is 0.274 e. The zero-order chi connectivity index (χ0) is 16.4. The Hall–Kier alpha value is -2.43. The molecule has 4 rings (SSSR count). The van der Waals surface area contributed by atoms with E-state index in [0.717, 1.165) is 44.7 Å². The molecule has 2 aliphatic rings. The smallest absolute Gasteiger partial charge is 0.274 e. The van der Waals surface area contributed by atoms with E-state index in [0.29, 0.717) is 5.69 Å². The third-order valence-corrected chi connectivity index (χ3v) is 4.91. The zero-order valence-electron chi connectivity index (χ0n) is 13.8. The number of carbonyl (C=O) groups is 1. The molecule has 2 aromatic rings. The Bertz CT molecular complexity index is 720.